The van der Waals surface area contributed by atoms with E-state index in [1.165, 1.54) is 0 Å². The lowest BCUT2D eigenvalue weighted by Crippen LogP contribution is -2.54. The molecular weight excluding hydrogens is 256 g/mol. The van der Waals surface area contributed by atoms with Gasteiger partial charge in [-0.2, -0.15) is 5.10 Å². The van der Waals surface area contributed by atoms with Gasteiger partial charge < -0.3 is 15.0 Å². The second-order valence-corrected chi connectivity index (χ2v) is 5.69. The largest absolute Gasteiger partial charge is 0.372 e. The molecule has 1 saturated heterocycles. The number of amides is 2. The van der Waals surface area contributed by atoms with Crippen molar-refractivity contribution in [3.05, 3.63) is 18.0 Å². The van der Waals surface area contributed by atoms with Crippen molar-refractivity contribution in [2.75, 3.05) is 19.7 Å². The van der Waals surface area contributed by atoms with E-state index in [0.717, 1.165) is 12.0 Å². The highest BCUT2D eigenvalue weighted by Gasteiger charge is 2.32. The van der Waals surface area contributed by atoms with Gasteiger partial charge in [-0.1, -0.05) is 6.92 Å². The molecule has 1 N–H and O–H groups in total. The summed E-state index contributed by atoms with van der Waals surface area (Å²) in [7, 11) is 1.87. The van der Waals surface area contributed by atoms with Gasteiger partial charge in [-0.3, -0.25) is 4.68 Å². The van der Waals surface area contributed by atoms with Gasteiger partial charge in [0.05, 0.1) is 31.0 Å². The molecule has 0 spiro atoms. The van der Waals surface area contributed by atoms with Crippen LogP contribution in [0.1, 0.15) is 38.8 Å². The lowest BCUT2D eigenvalue weighted by atomic mass is 10.0. The number of rotatable bonds is 3. The van der Waals surface area contributed by atoms with E-state index in [1.54, 1.807) is 10.9 Å². The third-order valence-electron chi connectivity index (χ3n) is 3.94. The van der Waals surface area contributed by atoms with Crippen LogP contribution in [-0.2, 0) is 11.8 Å². The molecule has 0 aromatic carbocycles. The number of morpholine rings is 1. The monoisotopic (exact) mass is 280 g/mol. The number of nitrogens with one attached hydrogen (secondary N) is 1. The van der Waals surface area contributed by atoms with Crippen LogP contribution < -0.4 is 5.32 Å². The van der Waals surface area contributed by atoms with Gasteiger partial charge in [0.25, 0.3) is 0 Å². The van der Waals surface area contributed by atoms with E-state index in [2.05, 4.69) is 24.3 Å². The number of ether oxygens (including phenoxy) is 1. The molecule has 1 aromatic rings. The van der Waals surface area contributed by atoms with Crippen LogP contribution in [0.3, 0.4) is 0 Å². The van der Waals surface area contributed by atoms with E-state index in [-0.39, 0.29) is 17.7 Å². The summed E-state index contributed by atoms with van der Waals surface area (Å²) in [6.07, 6.45) is 4.59. The van der Waals surface area contributed by atoms with Gasteiger partial charge in [0.1, 0.15) is 0 Å². The molecule has 2 atom stereocenters. The summed E-state index contributed by atoms with van der Waals surface area (Å²) < 4.78 is 7.49. The zero-order chi connectivity index (χ0) is 14.8. The Morgan fingerprint density at radius 3 is 3.00 bits per heavy atom. The molecule has 0 saturated carbocycles. The van der Waals surface area contributed by atoms with Crippen molar-refractivity contribution in [1.82, 2.24) is 20.0 Å². The van der Waals surface area contributed by atoms with Crippen LogP contribution >= 0.6 is 0 Å². The topological polar surface area (TPSA) is 59.4 Å². The third kappa shape index (κ3) is 3.30. The molecule has 112 valence electrons. The second-order valence-electron chi connectivity index (χ2n) is 5.69. The summed E-state index contributed by atoms with van der Waals surface area (Å²) in [4.78, 5) is 14.2. The Hall–Kier alpha value is -1.56. The van der Waals surface area contributed by atoms with Crippen LogP contribution in [-0.4, -0.2) is 46.0 Å². The molecule has 1 aliphatic heterocycles. The van der Waals surface area contributed by atoms with Gasteiger partial charge in [0.2, 0.25) is 0 Å². The van der Waals surface area contributed by atoms with Gasteiger partial charge >= 0.3 is 6.03 Å². The van der Waals surface area contributed by atoms with Crippen LogP contribution in [0.2, 0.25) is 0 Å². The average Bonchev–Trinajstić information content (AvgIpc) is 2.85. The Morgan fingerprint density at radius 1 is 1.65 bits per heavy atom. The van der Waals surface area contributed by atoms with Crippen LogP contribution in [0.4, 0.5) is 4.79 Å². The first-order valence-corrected chi connectivity index (χ1v) is 7.11. The molecule has 0 aliphatic carbocycles. The summed E-state index contributed by atoms with van der Waals surface area (Å²) in [6.45, 7) is 7.97. The van der Waals surface area contributed by atoms with Crippen LogP contribution in [0, 0.1) is 0 Å². The Morgan fingerprint density at radius 2 is 2.40 bits per heavy atom. The van der Waals surface area contributed by atoms with Crippen molar-refractivity contribution in [3.63, 3.8) is 0 Å². The maximum Gasteiger partial charge on any atom is 0.318 e. The van der Waals surface area contributed by atoms with E-state index in [9.17, 15) is 4.79 Å². The van der Waals surface area contributed by atoms with Crippen molar-refractivity contribution in [1.29, 1.82) is 0 Å². The summed E-state index contributed by atoms with van der Waals surface area (Å²) in [5, 5.41) is 7.14. The summed E-state index contributed by atoms with van der Waals surface area (Å²) in [5.74, 6) is 0. The number of carbonyl (C=O) groups is 1. The van der Waals surface area contributed by atoms with E-state index in [0.29, 0.717) is 19.7 Å². The molecule has 2 amide bonds. The van der Waals surface area contributed by atoms with Crippen molar-refractivity contribution in [2.45, 2.75) is 38.8 Å². The second kappa shape index (κ2) is 5.83. The normalized spacial score (nSPS) is 24.5. The minimum atomic E-state index is -0.229. The SMILES string of the molecule is CC[C@]1(C)CN(C(=O)N[C@H](C)c2cnn(C)c2)CCO1. The maximum absolute atomic E-state index is 12.3. The predicted octanol–water partition coefficient (Wildman–Crippen LogP) is 1.69. The fourth-order valence-electron chi connectivity index (χ4n) is 2.34. The predicted molar refractivity (Wildman–Crippen MR) is 76.4 cm³/mol. The quantitative estimate of drug-likeness (QED) is 0.916. The number of carbonyl (C=O) groups excluding carboxylic acids is 1. The minimum Gasteiger partial charge on any atom is -0.372 e. The highest BCUT2D eigenvalue weighted by atomic mass is 16.5. The van der Waals surface area contributed by atoms with E-state index < -0.39 is 0 Å². The minimum absolute atomic E-state index is 0.0377. The van der Waals surface area contributed by atoms with Crippen LogP contribution in [0.5, 0.6) is 0 Å². The lowest BCUT2D eigenvalue weighted by molar-refractivity contribution is -0.0874. The Labute approximate surface area is 120 Å². The molecule has 1 aromatic heterocycles. The summed E-state index contributed by atoms with van der Waals surface area (Å²) in [5.41, 5.74) is 0.778. The van der Waals surface area contributed by atoms with E-state index >= 15 is 0 Å². The highest BCUT2D eigenvalue weighted by Crippen LogP contribution is 2.21. The van der Waals surface area contributed by atoms with Crippen molar-refractivity contribution < 1.29 is 9.53 Å². The Kier molecular flexibility index (Phi) is 4.32. The molecule has 0 unspecified atom stereocenters. The van der Waals surface area contributed by atoms with Crippen molar-refractivity contribution in [3.8, 4) is 0 Å². The maximum atomic E-state index is 12.3. The van der Waals surface area contributed by atoms with Crippen LogP contribution in [0.25, 0.3) is 0 Å². The van der Waals surface area contributed by atoms with E-state index in [4.69, 9.17) is 4.74 Å². The zero-order valence-electron chi connectivity index (χ0n) is 12.7. The zero-order valence-corrected chi connectivity index (χ0v) is 12.7. The molecule has 2 rings (SSSR count). The fraction of sp³-hybridized carbons (Fsp3) is 0.714. The van der Waals surface area contributed by atoms with Gasteiger partial charge in [-0.05, 0) is 20.3 Å². The molecule has 1 fully saturated rings. The third-order valence-corrected chi connectivity index (χ3v) is 3.94. The summed E-state index contributed by atoms with van der Waals surface area (Å²) in [6, 6.07) is -0.0868. The Balaban J connectivity index is 1.94. The standard InChI is InChI=1S/C14H24N4O2/c1-5-14(3)10-18(6-7-20-14)13(19)16-11(2)12-8-15-17(4)9-12/h8-9,11H,5-7,10H2,1-4H3,(H,16,19)/t11-,14-/m1/s1. The van der Waals surface area contributed by atoms with Gasteiger partial charge in [0.15, 0.2) is 0 Å². The molecule has 6 nitrogen and oxygen atoms in total. The van der Waals surface area contributed by atoms with Crippen molar-refractivity contribution in [2.24, 2.45) is 7.05 Å². The number of nitrogens with zero attached hydrogens (tertiary/aromatic N) is 3. The molecule has 2 heterocycles. The first kappa shape index (κ1) is 14.8. The lowest BCUT2D eigenvalue weighted by Gasteiger charge is -2.40. The number of aryl methyl sites for hydroxylation is 1. The smallest absolute Gasteiger partial charge is 0.318 e. The first-order valence-electron chi connectivity index (χ1n) is 7.11. The van der Waals surface area contributed by atoms with Gasteiger partial charge in [-0.15, -0.1) is 0 Å². The van der Waals surface area contributed by atoms with Gasteiger partial charge in [0, 0.05) is 25.4 Å². The molecule has 0 radical (unpaired) electrons. The number of hydrogen-bond donors (Lipinski definition) is 1. The van der Waals surface area contributed by atoms with Crippen LogP contribution in [0.15, 0.2) is 12.4 Å². The molecule has 0 bridgehead atoms. The first-order chi connectivity index (χ1) is 9.43. The Bertz CT molecular complexity index is 473. The highest BCUT2D eigenvalue weighted by molar-refractivity contribution is 5.74. The van der Waals surface area contributed by atoms with Gasteiger partial charge in [-0.25, -0.2) is 4.79 Å². The average molecular weight is 280 g/mol. The number of urea groups is 1. The molecule has 6 heteroatoms. The fourth-order valence-corrected chi connectivity index (χ4v) is 2.34. The molecular formula is C14H24N4O2. The number of hydrogen-bond acceptors (Lipinski definition) is 3. The summed E-state index contributed by atoms with van der Waals surface area (Å²) >= 11 is 0. The molecule has 1 aliphatic rings. The van der Waals surface area contributed by atoms with E-state index in [1.807, 2.05) is 25.1 Å². The van der Waals surface area contributed by atoms with Crippen molar-refractivity contribution >= 4 is 6.03 Å². The number of aromatic nitrogens is 2. The molecule has 20 heavy (non-hydrogen) atoms.